The first-order valence-electron chi connectivity index (χ1n) is 14.9. The molecule has 0 aliphatic heterocycles. The SMILES string of the molecule is CC[N+](CC)(CC)CC.CC[N+](CC)(CC)CC.CC[N+](CC)(CC)CC.O=C(O)CC(C(=O)O)S(=O)(=O)O. The molecule has 1 atom stereocenters. The maximum absolute atomic E-state index is 10.2. The quantitative estimate of drug-likeness (QED) is 0.179. The molecule has 10 nitrogen and oxygen atoms in total. The zero-order valence-electron chi connectivity index (χ0n) is 27.5. The Balaban J connectivity index is -0.000000211. The largest absolute Gasteiger partial charge is 0.481 e. The number of carboxylic acids is 2. The van der Waals surface area contributed by atoms with Gasteiger partial charge in [0.05, 0.1) is 85.0 Å². The third-order valence-electron chi connectivity index (χ3n) is 9.04. The van der Waals surface area contributed by atoms with Crippen molar-refractivity contribution >= 4 is 22.1 Å². The fraction of sp³-hybridized carbons (Fsp3) is 0.929. The molecule has 39 heavy (non-hydrogen) atoms. The maximum atomic E-state index is 10.2. The van der Waals surface area contributed by atoms with E-state index in [1.165, 1.54) is 92.0 Å². The van der Waals surface area contributed by atoms with E-state index in [1.807, 2.05) is 0 Å². The summed E-state index contributed by atoms with van der Waals surface area (Å²) in [6, 6.07) is 0. The number of quaternary nitrogens is 3. The molecule has 0 amide bonds. The van der Waals surface area contributed by atoms with Gasteiger partial charge in [-0.05, 0) is 83.1 Å². The lowest BCUT2D eigenvalue weighted by atomic mass is 10.3. The van der Waals surface area contributed by atoms with Crippen LogP contribution in [0.15, 0.2) is 0 Å². The fourth-order valence-corrected chi connectivity index (χ4v) is 5.11. The summed E-state index contributed by atoms with van der Waals surface area (Å²) in [5.74, 6) is -3.50. The summed E-state index contributed by atoms with van der Waals surface area (Å²) in [7, 11) is -4.84. The number of aliphatic carboxylic acids is 2. The zero-order chi connectivity index (χ0) is 31.9. The van der Waals surface area contributed by atoms with Crippen LogP contribution in [-0.4, -0.2) is 132 Å². The van der Waals surface area contributed by atoms with Gasteiger partial charge in [0.2, 0.25) is 0 Å². The molecule has 0 saturated heterocycles. The number of rotatable bonds is 16. The number of carbonyl (C=O) groups is 2. The molecule has 11 heteroatoms. The van der Waals surface area contributed by atoms with Gasteiger partial charge in [0.1, 0.15) is 0 Å². The molecular weight excluding hydrogens is 522 g/mol. The van der Waals surface area contributed by atoms with Gasteiger partial charge in [-0.1, -0.05) is 0 Å². The Morgan fingerprint density at radius 2 is 0.692 bits per heavy atom. The monoisotopic (exact) mass is 588 g/mol. The predicted molar refractivity (Wildman–Crippen MR) is 162 cm³/mol. The Labute approximate surface area is 241 Å². The van der Waals surface area contributed by atoms with Crippen LogP contribution in [0, 0.1) is 0 Å². The topological polar surface area (TPSA) is 129 Å². The highest BCUT2D eigenvalue weighted by Gasteiger charge is 2.33. The number of hydrogen-bond acceptors (Lipinski definition) is 4. The van der Waals surface area contributed by atoms with Gasteiger partial charge in [-0.3, -0.25) is 14.1 Å². The van der Waals surface area contributed by atoms with Crippen molar-refractivity contribution in [1.82, 2.24) is 0 Å². The predicted octanol–water partition coefficient (Wildman–Crippen LogP) is 4.45. The second kappa shape index (κ2) is 23.4. The first kappa shape index (κ1) is 44.7. The van der Waals surface area contributed by atoms with Gasteiger partial charge in [-0.2, -0.15) is 8.42 Å². The molecule has 238 valence electrons. The lowest BCUT2D eigenvalue weighted by Gasteiger charge is -2.34. The molecule has 1 unspecified atom stereocenters. The van der Waals surface area contributed by atoms with Gasteiger partial charge in [0.15, 0.2) is 5.25 Å². The van der Waals surface area contributed by atoms with Crippen LogP contribution in [-0.2, 0) is 19.7 Å². The molecule has 3 N–H and O–H groups in total. The first-order chi connectivity index (χ1) is 18.0. The zero-order valence-corrected chi connectivity index (χ0v) is 28.3. The van der Waals surface area contributed by atoms with Crippen LogP contribution in [0.5, 0.6) is 0 Å². The van der Waals surface area contributed by atoms with E-state index in [0.29, 0.717) is 0 Å². The highest BCUT2D eigenvalue weighted by atomic mass is 32.2. The normalized spacial score (nSPS) is 12.5. The van der Waals surface area contributed by atoms with E-state index < -0.39 is 33.7 Å². The van der Waals surface area contributed by atoms with E-state index in [2.05, 4.69) is 83.1 Å². The summed E-state index contributed by atoms with van der Waals surface area (Å²) in [6.07, 6.45) is -1.16. The standard InChI is InChI=1S/3C8H20N.C4H6O7S/c3*1-5-9(6-2,7-3)8-4;5-3(6)1-2(4(7)8)12(9,10)11/h3*5-8H2,1-4H3;2H,1H2,(H,5,6)(H,7,8)(H,9,10,11)/q3*+1;. The average molecular weight is 589 g/mol. The van der Waals surface area contributed by atoms with Gasteiger partial charge < -0.3 is 23.7 Å². The van der Waals surface area contributed by atoms with Crippen LogP contribution in [0.1, 0.15) is 89.5 Å². The lowest BCUT2D eigenvalue weighted by Crippen LogP contribution is -2.47. The van der Waals surface area contributed by atoms with E-state index in [9.17, 15) is 18.0 Å². The molecule has 0 aromatic rings. The van der Waals surface area contributed by atoms with E-state index in [-0.39, 0.29) is 0 Å². The Hall–Kier alpha value is -1.27. The molecule has 0 radical (unpaired) electrons. The van der Waals surface area contributed by atoms with Crippen molar-refractivity contribution in [2.24, 2.45) is 0 Å². The minimum atomic E-state index is -4.84. The highest BCUT2D eigenvalue weighted by molar-refractivity contribution is 7.87. The minimum Gasteiger partial charge on any atom is -0.481 e. The van der Waals surface area contributed by atoms with Gasteiger partial charge in [-0.15, -0.1) is 0 Å². The molecule has 0 saturated carbocycles. The molecule has 0 spiro atoms. The van der Waals surface area contributed by atoms with E-state index in [1.54, 1.807) is 0 Å². The van der Waals surface area contributed by atoms with Crippen molar-refractivity contribution < 1.29 is 46.2 Å². The van der Waals surface area contributed by atoms with Crippen molar-refractivity contribution in [3.63, 3.8) is 0 Å². The Morgan fingerprint density at radius 3 is 0.718 bits per heavy atom. The fourth-order valence-electron chi connectivity index (χ4n) is 4.50. The molecule has 0 aliphatic rings. The number of hydrogen-bond donors (Lipinski definition) is 3. The summed E-state index contributed by atoms with van der Waals surface area (Å²) in [6.45, 7) is 42.7. The third-order valence-corrected chi connectivity index (χ3v) is 10.1. The van der Waals surface area contributed by atoms with E-state index in [0.717, 1.165) is 0 Å². The maximum Gasteiger partial charge on any atom is 0.325 e. The molecule has 0 rings (SSSR count). The third kappa shape index (κ3) is 18.7. The van der Waals surface area contributed by atoms with Crippen molar-refractivity contribution in [2.75, 3.05) is 78.5 Å². The Morgan fingerprint density at radius 1 is 0.513 bits per heavy atom. The lowest BCUT2D eigenvalue weighted by molar-refractivity contribution is -0.921. The molecular formula is C28H66N3O7S+3. The van der Waals surface area contributed by atoms with Crippen LogP contribution >= 0.6 is 0 Å². The van der Waals surface area contributed by atoms with Gasteiger partial charge in [0, 0.05) is 0 Å². The smallest absolute Gasteiger partial charge is 0.325 e. The Kier molecular flexibility index (Phi) is 26.9. The van der Waals surface area contributed by atoms with Crippen molar-refractivity contribution in [2.45, 2.75) is 94.8 Å². The molecule has 0 heterocycles. The molecule has 0 aliphatic carbocycles. The van der Waals surface area contributed by atoms with Crippen LogP contribution in [0.4, 0.5) is 0 Å². The van der Waals surface area contributed by atoms with Crippen LogP contribution in [0.2, 0.25) is 0 Å². The Bertz CT molecular complexity index is 619. The molecule has 0 aromatic heterocycles. The molecule has 0 aromatic carbocycles. The van der Waals surface area contributed by atoms with Crippen molar-refractivity contribution in [3.8, 4) is 0 Å². The summed E-state index contributed by atoms with van der Waals surface area (Å²) < 4.78 is 32.5. The van der Waals surface area contributed by atoms with Crippen LogP contribution in [0.3, 0.4) is 0 Å². The molecule has 0 bridgehead atoms. The summed E-state index contributed by atoms with van der Waals surface area (Å²) in [5, 5.41) is 13.9. The highest BCUT2D eigenvalue weighted by Crippen LogP contribution is 2.05. The van der Waals surface area contributed by atoms with E-state index >= 15 is 0 Å². The van der Waals surface area contributed by atoms with Crippen molar-refractivity contribution in [1.29, 1.82) is 0 Å². The summed E-state index contributed by atoms with van der Waals surface area (Å²) in [5.41, 5.74) is 0. The number of carboxylic acid groups (broad SMARTS) is 2. The van der Waals surface area contributed by atoms with Gasteiger partial charge in [0.25, 0.3) is 10.1 Å². The van der Waals surface area contributed by atoms with Gasteiger partial charge in [-0.25, -0.2) is 0 Å². The van der Waals surface area contributed by atoms with Crippen LogP contribution in [0.25, 0.3) is 0 Å². The molecule has 0 fully saturated rings. The number of nitrogens with zero attached hydrogens (tertiary/aromatic N) is 3. The van der Waals surface area contributed by atoms with Crippen LogP contribution < -0.4 is 0 Å². The summed E-state index contributed by atoms with van der Waals surface area (Å²) in [4.78, 5) is 20.0. The second-order valence-electron chi connectivity index (χ2n) is 9.76. The van der Waals surface area contributed by atoms with Gasteiger partial charge >= 0.3 is 11.9 Å². The van der Waals surface area contributed by atoms with Crippen molar-refractivity contribution in [3.05, 3.63) is 0 Å². The first-order valence-corrected chi connectivity index (χ1v) is 16.4. The van der Waals surface area contributed by atoms with E-state index in [4.69, 9.17) is 14.8 Å². The second-order valence-corrected chi connectivity index (χ2v) is 11.4. The average Bonchev–Trinajstić information content (AvgIpc) is 2.92. The minimum absolute atomic E-state index is 1.16. The summed E-state index contributed by atoms with van der Waals surface area (Å²) >= 11 is 0.